The molecule has 22 nitrogen and oxygen atoms in total. The molecule has 82 heavy (non-hydrogen) atoms. The summed E-state index contributed by atoms with van der Waals surface area (Å²) in [4.78, 5) is 48.0. The van der Waals surface area contributed by atoms with Gasteiger partial charge in [-0.3, -0.25) is 28.3 Å². The number of sulfonamides is 2. The van der Waals surface area contributed by atoms with Crippen molar-refractivity contribution in [2.24, 2.45) is 28.0 Å². The number of aromatic nitrogens is 12. The highest BCUT2D eigenvalue weighted by atomic mass is 32.2. The number of aromatic amines is 2. The second-order valence-corrected chi connectivity index (χ2v) is 27.2. The Kier molecular flexibility index (Phi) is 9.64. The van der Waals surface area contributed by atoms with Crippen molar-refractivity contribution in [1.82, 2.24) is 68.5 Å². The highest BCUT2D eigenvalue weighted by Crippen LogP contribution is 2.58. The molecule has 0 bridgehead atoms. The number of hydrogen-bond acceptors (Lipinski definition) is 12. The highest BCUT2D eigenvalue weighted by molar-refractivity contribution is 7.90. The molecule has 0 radical (unpaired) electrons. The Labute approximate surface area is 479 Å². The number of fused-ring (bicyclic) bond motifs is 10. The summed E-state index contributed by atoms with van der Waals surface area (Å²) in [6, 6.07) is 10.3. The monoisotopic (exact) mass is 1150 g/mol. The molecular weight excluding hydrogens is 1080 g/mol. The van der Waals surface area contributed by atoms with E-state index in [1.165, 1.54) is 0 Å². The highest BCUT2D eigenvalue weighted by Gasteiger charge is 2.58. The number of amides is 2. The average Bonchev–Trinajstić information content (AvgIpc) is 1.55. The molecule has 6 aliphatic rings. The first kappa shape index (κ1) is 44.6. The van der Waals surface area contributed by atoms with Crippen molar-refractivity contribution in [2.75, 3.05) is 23.9 Å². The number of rotatable bonds is 10. The van der Waals surface area contributed by atoms with Crippen LogP contribution in [0.5, 0.6) is 0 Å². The van der Waals surface area contributed by atoms with Gasteiger partial charge >= 0.3 is 0 Å². The molecule has 4 aliphatic carbocycles. The molecule has 4 atom stereocenters. The van der Waals surface area contributed by atoms with Gasteiger partial charge < -0.3 is 19.8 Å². The van der Waals surface area contributed by atoms with Gasteiger partial charge in [-0.25, -0.2) is 36.2 Å². The summed E-state index contributed by atoms with van der Waals surface area (Å²) in [7, 11) is 0.302. The molecular formula is C58H60N16O6S2. The first-order valence-corrected chi connectivity index (χ1v) is 30.5. The minimum atomic E-state index is -3.43. The summed E-state index contributed by atoms with van der Waals surface area (Å²) >= 11 is 0. The Morgan fingerprint density at radius 1 is 0.561 bits per heavy atom. The third-order valence-electron chi connectivity index (χ3n) is 18.0. The van der Waals surface area contributed by atoms with Crippen LogP contribution in [0.15, 0.2) is 86.0 Å². The number of carbonyl (C=O) groups is 2. The lowest BCUT2D eigenvalue weighted by atomic mass is 9.77. The SMILES string of the molecule is [2H]C([2H])([2H])n1ncc2cc(-c3c(-c4cnn(C)c4)[nH]c4ncc5c(c34)[C@@]3(CC[C@H](NS(=O)(=O)C4CC4)C3)C(=O)N5C)ccc21.[2H]C([2H])([2H])n1ncc2cc(-c3c(-c4cnn(C)c4)[nH]c4ncc5c(c34)[C@]3(CC[C@@H](NS(=O)(=O)C4CC4)C3)C(=O)N5C)ccc21. The molecule has 0 saturated heterocycles. The van der Waals surface area contributed by atoms with Crippen molar-refractivity contribution in [3.05, 3.63) is 97.1 Å². The zero-order valence-corrected chi connectivity index (χ0v) is 46.7. The number of nitrogens with one attached hydrogen (secondary N) is 4. The number of pyridine rings is 2. The van der Waals surface area contributed by atoms with E-state index in [1.807, 2.05) is 50.8 Å². The Balaban J connectivity index is 0.000000148. The maximum atomic E-state index is 14.1. The van der Waals surface area contributed by atoms with Gasteiger partial charge in [0.05, 0.1) is 92.3 Å². The zero-order valence-electron chi connectivity index (χ0n) is 51.1. The zero-order chi connectivity index (χ0) is 61.5. The predicted octanol–water partition coefficient (Wildman–Crippen LogP) is 6.73. The number of anilines is 2. The topological polar surface area (TPSA) is 262 Å². The predicted molar refractivity (Wildman–Crippen MR) is 312 cm³/mol. The van der Waals surface area contributed by atoms with Crippen molar-refractivity contribution >= 4 is 87.1 Å². The number of aryl methyl sites for hydroxylation is 4. The second-order valence-electron chi connectivity index (χ2n) is 23.2. The molecule has 16 rings (SSSR count). The number of likely N-dealkylation sites (N-methyl/N-ethyl adjacent to an activating group) is 2. The third kappa shape index (κ3) is 7.62. The van der Waals surface area contributed by atoms with Crippen LogP contribution in [-0.4, -0.2) is 124 Å². The van der Waals surface area contributed by atoms with E-state index in [4.69, 9.17) is 18.2 Å². The van der Waals surface area contributed by atoms with Gasteiger partial charge in [0.2, 0.25) is 31.9 Å². The Morgan fingerprint density at radius 3 is 1.37 bits per heavy atom. The Bertz CT molecular complexity index is 4560. The quantitative estimate of drug-likeness (QED) is 0.111. The molecule has 10 heterocycles. The Morgan fingerprint density at radius 2 is 0.988 bits per heavy atom. The molecule has 4 N–H and O–H groups in total. The molecule has 420 valence electrons. The van der Waals surface area contributed by atoms with Crippen molar-refractivity contribution in [2.45, 2.75) is 97.6 Å². The first-order valence-electron chi connectivity index (χ1n) is 30.4. The van der Waals surface area contributed by atoms with Gasteiger partial charge in [-0.1, -0.05) is 12.1 Å². The van der Waals surface area contributed by atoms with Crippen LogP contribution in [-0.2, 0) is 68.5 Å². The average molecular weight is 1150 g/mol. The molecule has 2 aromatic carbocycles. The molecule has 2 aliphatic heterocycles. The number of carbonyl (C=O) groups excluding carboxylic acids is 2. The van der Waals surface area contributed by atoms with Gasteiger partial charge in [0.15, 0.2) is 0 Å². The fourth-order valence-corrected chi connectivity index (χ4v) is 17.1. The van der Waals surface area contributed by atoms with E-state index in [0.29, 0.717) is 109 Å². The largest absolute Gasteiger partial charge is 0.339 e. The van der Waals surface area contributed by atoms with Gasteiger partial charge in [0.1, 0.15) is 11.3 Å². The fourth-order valence-electron chi connectivity index (χ4n) is 13.9. The summed E-state index contributed by atoms with van der Waals surface area (Å²) in [6.07, 6.45) is 19.3. The second kappa shape index (κ2) is 17.7. The molecule has 4 fully saturated rings. The fraction of sp³-hybridized carbons (Fsp3) is 0.379. The molecule has 0 unspecified atom stereocenters. The van der Waals surface area contributed by atoms with Crippen molar-refractivity contribution < 1.29 is 34.6 Å². The number of hydrogen-bond donors (Lipinski definition) is 4. The van der Waals surface area contributed by atoms with Crippen LogP contribution < -0.4 is 19.2 Å². The van der Waals surface area contributed by atoms with Crippen molar-refractivity contribution in [3.63, 3.8) is 0 Å². The smallest absolute Gasteiger partial charge is 0.237 e. The molecule has 2 amide bonds. The lowest BCUT2D eigenvalue weighted by Crippen LogP contribution is -2.40. The van der Waals surface area contributed by atoms with E-state index in [2.05, 4.69) is 39.8 Å². The normalized spacial score (nSPS) is 24.0. The van der Waals surface area contributed by atoms with E-state index in [9.17, 15) is 26.4 Å². The van der Waals surface area contributed by atoms with E-state index in [1.54, 1.807) is 82.6 Å². The van der Waals surface area contributed by atoms with Crippen molar-refractivity contribution in [3.8, 4) is 44.8 Å². The van der Waals surface area contributed by atoms with Crippen LogP contribution in [0.3, 0.4) is 0 Å². The van der Waals surface area contributed by atoms with E-state index in [-0.39, 0.29) is 34.4 Å². The summed E-state index contributed by atoms with van der Waals surface area (Å²) < 4.78 is 110. The van der Waals surface area contributed by atoms with Crippen LogP contribution in [0, 0.1) is 0 Å². The van der Waals surface area contributed by atoms with Crippen molar-refractivity contribution in [1.29, 1.82) is 0 Å². The number of nitrogens with zero attached hydrogens (tertiary/aromatic N) is 12. The number of benzene rings is 2. The molecule has 10 aromatic rings. The van der Waals surface area contributed by atoms with Gasteiger partial charge in [-0.2, -0.15) is 20.4 Å². The van der Waals surface area contributed by atoms with E-state index < -0.39 is 44.8 Å². The van der Waals surface area contributed by atoms with Gasteiger partial charge in [0, 0.05) is 130 Å². The first-order chi connectivity index (χ1) is 41.7. The summed E-state index contributed by atoms with van der Waals surface area (Å²) in [5.74, 6) is -0.140. The summed E-state index contributed by atoms with van der Waals surface area (Å²) in [5, 5.41) is 19.2. The Hall–Kier alpha value is -8.06. The lowest BCUT2D eigenvalue weighted by Gasteiger charge is -2.24. The van der Waals surface area contributed by atoms with Crippen LogP contribution in [0.2, 0.25) is 0 Å². The van der Waals surface area contributed by atoms with Gasteiger partial charge in [0.25, 0.3) is 0 Å². The van der Waals surface area contributed by atoms with Gasteiger partial charge in [-0.15, -0.1) is 0 Å². The third-order valence-corrected chi connectivity index (χ3v) is 22.1. The van der Waals surface area contributed by atoms with E-state index >= 15 is 0 Å². The minimum Gasteiger partial charge on any atom is -0.339 e. The molecule has 8 aromatic heterocycles. The lowest BCUT2D eigenvalue weighted by molar-refractivity contribution is -0.123. The number of H-pyrrole nitrogens is 2. The maximum absolute atomic E-state index is 14.1. The van der Waals surface area contributed by atoms with Crippen LogP contribution in [0.1, 0.15) is 83.6 Å². The standard InChI is InChI=1S/2C29H30N8O3S/c2*1-35-15-18(13-31-35)26-23(16-4-7-21-17(10-16)12-32-37(21)3)24-25-22(14-30-27(24)33-26)36(2)28(38)29(25)9-8-19(11-29)34-41(39,40)20-5-6-20/h2*4,7,10,12-15,19-20,34H,5-6,8-9,11H2,1-3H3,(H,30,33)/t2*19-,29-/m10/s1/i2*3D3. The van der Waals surface area contributed by atoms with Crippen LogP contribution >= 0.6 is 0 Å². The summed E-state index contributed by atoms with van der Waals surface area (Å²) in [6.45, 7) is -4.85. The molecule has 4 saturated carbocycles. The maximum Gasteiger partial charge on any atom is 0.237 e. The van der Waals surface area contributed by atoms with Crippen LogP contribution in [0.25, 0.3) is 88.6 Å². The van der Waals surface area contributed by atoms with Crippen LogP contribution in [0.4, 0.5) is 11.4 Å². The molecule has 24 heteroatoms. The van der Waals surface area contributed by atoms with E-state index in [0.717, 1.165) is 76.0 Å². The molecule has 2 spiro atoms. The van der Waals surface area contributed by atoms with Gasteiger partial charge in [-0.05, 0) is 99.6 Å². The minimum absolute atomic E-state index is 0.0700. The summed E-state index contributed by atoms with van der Waals surface area (Å²) in [5.41, 5.74) is 9.74.